The zero-order valence-corrected chi connectivity index (χ0v) is 9.67. The molecule has 0 aliphatic rings. The summed E-state index contributed by atoms with van der Waals surface area (Å²) in [6.45, 7) is 1.33. The highest BCUT2D eigenvalue weighted by atomic mass is 16.5. The topological polar surface area (TPSA) is 60.4 Å². The number of hydrogen-bond acceptors (Lipinski definition) is 4. The maximum Gasteiger partial charge on any atom is 0.308 e. The Kier molecular flexibility index (Phi) is 3.19. The monoisotopic (exact) mass is 242 g/mol. The summed E-state index contributed by atoms with van der Waals surface area (Å²) in [6.07, 6.45) is 0.286. The highest BCUT2D eigenvalue weighted by Gasteiger charge is 2.06. The van der Waals surface area contributed by atoms with Crippen molar-refractivity contribution in [3.8, 4) is 5.75 Å². The van der Waals surface area contributed by atoms with Gasteiger partial charge in [0.25, 0.3) is 0 Å². The van der Waals surface area contributed by atoms with E-state index in [4.69, 9.17) is 4.74 Å². The molecule has 4 heteroatoms. The molecule has 2 rings (SSSR count). The average molecular weight is 242 g/mol. The number of esters is 1. The molecule has 2 aromatic rings. The normalized spacial score (nSPS) is 10.1. The van der Waals surface area contributed by atoms with Crippen LogP contribution < -0.4 is 4.74 Å². The zero-order valence-electron chi connectivity index (χ0n) is 9.67. The summed E-state index contributed by atoms with van der Waals surface area (Å²) in [6, 6.07) is 9.97. The molecular formula is C14H10O4. The van der Waals surface area contributed by atoms with Crippen LogP contribution in [0.1, 0.15) is 17.3 Å². The van der Waals surface area contributed by atoms with E-state index >= 15 is 0 Å². The minimum absolute atomic E-state index is 0.286. The molecule has 18 heavy (non-hydrogen) atoms. The Labute approximate surface area is 103 Å². The van der Waals surface area contributed by atoms with Crippen LogP contribution in [-0.4, -0.2) is 18.0 Å². The summed E-state index contributed by atoms with van der Waals surface area (Å²) in [4.78, 5) is 32.5. The van der Waals surface area contributed by atoms with Crippen LogP contribution in [0.3, 0.4) is 0 Å². The predicted octanol–water partition coefficient (Wildman–Crippen LogP) is 2.15. The van der Waals surface area contributed by atoms with E-state index in [1.807, 2.05) is 0 Å². The first-order valence-electron chi connectivity index (χ1n) is 5.32. The lowest BCUT2D eigenvalue weighted by atomic mass is 10.0. The Morgan fingerprint density at radius 3 is 2.39 bits per heavy atom. The third kappa shape index (κ3) is 2.43. The number of ketones is 1. The van der Waals surface area contributed by atoms with E-state index in [1.165, 1.54) is 6.92 Å². The molecule has 0 spiro atoms. The summed E-state index contributed by atoms with van der Waals surface area (Å²) in [5.74, 6) is -0.493. The number of rotatable bonds is 3. The standard InChI is InChI=1S/C14H10O4/c1-9(16)18-13-5-4-10-6-12(14(17)8-15)3-2-11(10)7-13/h2-8H,1H3. The minimum Gasteiger partial charge on any atom is -0.427 e. The molecule has 0 fully saturated rings. The average Bonchev–Trinajstić information content (AvgIpc) is 2.36. The summed E-state index contributed by atoms with van der Waals surface area (Å²) in [5.41, 5.74) is 0.345. The molecule has 0 saturated carbocycles. The lowest BCUT2D eigenvalue weighted by molar-refractivity contribution is -0.131. The summed E-state index contributed by atoms with van der Waals surface area (Å²) >= 11 is 0. The Hall–Kier alpha value is -2.49. The summed E-state index contributed by atoms with van der Waals surface area (Å²) in [5, 5.41) is 1.63. The van der Waals surface area contributed by atoms with Crippen LogP contribution in [-0.2, 0) is 9.59 Å². The van der Waals surface area contributed by atoms with Gasteiger partial charge in [-0.3, -0.25) is 14.4 Å². The lowest BCUT2D eigenvalue weighted by Gasteiger charge is -2.04. The number of benzene rings is 2. The summed E-state index contributed by atoms with van der Waals surface area (Å²) < 4.78 is 4.96. The molecule has 0 atom stereocenters. The quantitative estimate of drug-likeness (QED) is 0.272. The van der Waals surface area contributed by atoms with Crippen LogP contribution in [0.2, 0.25) is 0 Å². The van der Waals surface area contributed by atoms with Crippen molar-refractivity contribution in [3.05, 3.63) is 42.0 Å². The molecule has 0 bridgehead atoms. The molecule has 0 heterocycles. The second-order valence-electron chi connectivity index (χ2n) is 3.80. The fraction of sp³-hybridized carbons (Fsp3) is 0.0714. The van der Waals surface area contributed by atoms with E-state index in [0.29, 0.717) is 11.3 Å². The van der Waals surface area contributed by atoms with Gasteiger partial charge in [-0.15, -0.1) is 0 Å². The first-order valence-corrected chi connectivity index (χ1v) is 5.32. The van der Waals surface area contributed by atoms with Crippen molar-refractivity contribution in [3.63, 3.8) is 0 Å². The van der Waals surface area contributed by atoms with Gasteiger partial charge in [-0.2, -0.15) is 0 Å². The maximum atomic E-state index is 11.2. The zero-order chi connectivity index (χ0) is 13.1. The van der Waals surface area contributed by atoms with Crippen molar-refractivity contribution in [1.82, 2.24) is 0 Å². The fourth-order valence-corrected chi connectivity index (χ4v) is 1.67. The van der Waals surface area contributed by atoms with Crippen molar-refractivity contribution in [2.45, 2.75) is 6.92 Å². The van der Waals surface area contributed by atoms with Gasteiger partial charge in [0.05, 0.1) is 0 Å². The van der Waals surface area contributed by atoms with Crippen LogP contribution in [0.15, 0.2) is 36.4 Å². The molecule has 0 amide bonds. The van der Waals surface area contributed by atoms with E-state index in [2.05, 4.69) is 0 Å². The molecule has 0 unspecified atom stereocenters. The Morgan fingerprint density at radius 2 is 1.72 bits per heavy atom. The highest BCUT2D eigenvalue weighted by molar-refractivity contribution is 6.33. The van der Waals surface area contributed by atoms with Crippen LogP contribution in [0.25, 0.3) is 10.8 Å². The van der Waals surface area contributed by atoms with Crippen molar-refractivity contribution in [2.24, 2.45) is 0 Å². The van der Waals surface area contributed by atoms with Crippen molar-refractivity contribution < 1.29 is 19.1 Å². The lowest BCUT2D eigenvalue weighted by Crippen LogP contribution is -2.01. The van der Waals surface area contributed by atoms with Gasteiger partial charge >= 0.3 is 5.97 Å². The van der Waals surface area contributed by atoms with Crippen LogP contribution >= 0.6 is 0 Å². The van der Waals surface area contributed by atoms with E-state index in [-0.39, 0.29) is 12.3 Å². The number of Topliss-reactive ketones (excluding diaryl/α,β-unsaturated/α-hetero) is 1. The SMILES string of the molecule is CC(=O)Oc1ccc2cc(C(=O)C=O)ccc2c1. The van der Waals surface area contributed by atoms with E-state index < -0.39 is 5.78 Å². The second-order valence-corrected chi connectivity index (χ2v) is 3.80. The molecule has 0 aliphatic carbocycles. The molecule has 90 valence electrons. The maximum absolute atomic E-state index is 11.2. The van der Waals surface area contributed by atoms with Gasteiger partial charge in [0.15, 0.2) is 6.29 Å². The molecule has 2 aromatic carbocycles. The molecule has 0 aromatic heterocycles. The Bertz CT molecular complexity index is 643. The van der Waals surface area contributed by atoms with E-state index in [9.17, 15) is 14.4 Å². The molecule has 0 saturated heterocycles. The van der Waals surface area contributed by atoms with Gasteiger partial charge in [-0.1, -0.05) is 18.2 Å². The number of ether oxygens (including phenoxy) is 1. The molecular weight excluding hydrogens is 232 g/mol. The van der Waals surface area contributed by atoms with Gasteiger partial charge in [0.2, 0.25) is 5.78 Å². The number of carbonyl (C=O) groups excluding carboxylic acids is 3. The summed E-state index contributed by atoms with van der Waals surface area (Å²) in [7, 11) is 0. The van der Waals surface area contributed by atoms with Gasteiger partial charge in [0.1, 0.15) is 5.75 Å². The van der Waals surface area contributed by atoms with Crippen molar-refractivity contribution >= 4 is 28.8 Å². The van der Waals surface area contributed by atoms with Crippen LogP contribution in [0, 0.1) is 0 Å². The smallest absolute Gasteiger partial charge is 0.308 e. The van der Waals surface area contributed by atoms with Gasteiger partial charge < -0.3 is 4.74 Å². The number of carbonyl (C=O) groups is 3. The number of fused-ring (bicyclic) bond motifs is 1. The third-order valence-electron chi connectivity index (χ3n) is 2.46. The van der Waals surface area contributed by atoms with E-state index in [0.717, 1.165) is 10.8 Å². The Morgan fingerprint density at radius 1 is 1.06 bits per heavy atom. The number of aldehydes is 1. The Balaban J connectivity index is 2.44. The first kappa shape index (κ1) is 12.0. The van der Waals surface area contributed by atoms with Gasteiger partial charge in [-0.25, -0.2) is 0 Å². The van der Waals surface area contributed by atoms with E-state index in [1.54, 1.807) is 36.4 Å². The van der Waals surface area contributed by atoms with Gasteiger partial charge in [0, 0.05) is 12.5 Å². The largest absolute Gasteiger partial charge is 0.427 e. The fourth-order valence-electron chi connectivity index (χ4n) is 1.67. The predicted molar refractivity (Wildman–Crippen MR) is 65.7 cm³/mol. The van der Waals surface area contributed by atoms with Gasteiger partial charge in [-0.05, 0) is 29.0 Å². The van der Waals surface area contributed by atoms with Crippen LogP contribution in [0.4, 0.5) is 0 Å². The molecule has 0 N–H and O–H groups in total. The molecule has 4 nitrogen and oxygen atoms in total. The van der Waals surface area contributed by atoms with Crippen molar-refractivity contribution in [2.75, 3.05) is 0 Å². The van der Waals surface area contributed by atoms with Crippen LogP contribution in [0.5, 0.6) is 5.75 Å². The molecule has 0 radical (unpaired) electrons. The third-order valence-corrected chi connectivity index (χ3v) is 2.46. The second kappa shape index (κ2) is 4.79. The number of hydrogen-bond donors (Lipinski definition) is 0. The molecule has 0 aliphatic heterocycles. The first-order chi connectivity index (χ1) is 8.60. The minimum atomic E-state index is -0.555. The van der Waals surface area contributed by atoms with Crippen molar-refractivity contribution in [1.29, 1.82) is 0 Å². The highest BCUT2D eigenvalue weighted by Crippen LogP contribution is 2.22.